The number of hydrogen-bond acceptors (Lipinski definition) is 9. The Morgan fingerprint density at radius 3 is 2.61 bits per heavy atom. The molecule has 4 rings (SSSR count). The molecule has 1 saturated heterocycles. The number of oxazole rings is 1. The van der Waals surface area contributed by atoms with E-state index in [1.807, 2.05) is 0 Å². The summed E-state index contributed by atoms with van der Waals surface area (Å²) >= 11 is 0. The Morgan fingerprint density at radius 1 is 1.27 bits per heavy atom. The van der Waals surface area contributed by atoms with Crippen molar-refractivity contribution in [1.29, 1.82) is 0 Å². The minimum absolute atomic E-state index is 0. The second-order valence-corrected chi connectivity index (χ2v) is 9.93. The highest BCUT2D eigenvalue weighted by molar-refractivity contribution is 5.94. The zero-order valence-corrected chi connectivity index (χ0v) is 23.3. The summed E-state index contributed by atoms with van der Waals surface area (Å²) < 4.78 is 46.7. The number of nitrogens with two attached hydrogens (primary N) is 1. The molecule has 2 fully saturated rings. The molecule has 226 valence electrons. The molecule has 0 radical (unpaired) electrons. The van der Waals surface area contributed by atoms with Crippen LogP contribution in [0.25, 0.3) is 11.5 Å². The minimum atomic E-state index is -3.04. The summed E-state index contributed by atoms with van der Waals surface area (Å²) in [5.41, 5.74) is 6.38. The van der Waals surface area contributed by atoms with Crippen molar-refractivity contribution < 1.29 is 46.9 Å². The van der Waals surface area contributed by atoms with Crippen LogP contribution in [0.3, 0.4) is 0 Å². The number of alkyl carbamates (subject to hydrolysis) is 1. The van der Waals surface area contributed by atoms with Gasteiger partial charge in [0.25, 0.3) is 5.91 Å². The number of carbonyl (C=O) groups is 3. The lowest BCUT2D eigenvalue weighted by molar-refractivity contribution is -0.137. The Hall–Kier alpha value is -3.65. The first-order valence-electron chi connectivity index (χ1n) is 12.9. The molecule has 15 heteroatoms. The van der Waals surface area contributed by atoms with Crippen LogP contribution < -0.4 is 20.5 Å². The van der Waals surface area contributed by atoms with E-state index >= 15 is 0 Å². The number of carboxylic acid groups (broad SMARTS) is 1. The van der Waals surface area contributed by atoms with Gasteiger partial charge in [-0.1, -0.05) is 0 Å². The maximum Gasteiger partial charge on any atom is 0.407 e. The van der Waals surface area contributed by atoms with Crippen molar-refractivity contribution in [2.45, 2.75) is 63.8 Å². The van der Waals surface area contributed by atoms with Gasteiger partial charge in [-0.05, 0) is 56.7 Å². The van der Waals surface area contributed by atoms with Gasteiger partial charge in [0.15, 0.2) is 23.0 Å². The first kappa shape index (κ1) is 31.9. The first-order chi connectivity index (χ1) is 19.0. The summed E-state index contributed by atoms with van der Waals surface area (Å²) in [4.78, 5) is 42.5. The highest BCUT2D eigenvalue weighted by Crippen LogP contribution is 2.37. The second kappa shape index (κ2) is 13.8. The molecular weight excluding hydrogens is 570 g/mol. The summed E-state index contributed by atoms with van der Waals surface area (Å²) in [5.74, 6) is -1.16. The molecule has 2 amide bonds. The first-order valence-corrected chi connectivity index (χ1v) is 12.9. The number of ether oxygens (including phenoxy) is 3. The molecule has 41 heavy (non-hydrogen) atoms. The van der Waals surface area contributed by atoms with Gasteiger partial charge in [-0.3, -0.25) is 9.59 Å². The quantitative estimate of drug-likeness (QED) is 0.323. The molecular formula is C26H33ClF2N4O8. The molecule has 2 heterocycles. The molecule has 3 atom stereocenters. The average molecular weight is 603 g/mol. The third-order valence-corrected chi connectivity index (χ3v) is 6.72. The third-order valence-electron chi connectivity index (χ3n) is 6.72. The van der Waals surface area contributed by atoms with Crippen molar-refractivity contribution in [1.82, 2.24) is 15.2 Å². The van der Waals surface area contributed by atoms with E-state index in [1.54, 1.807) is 6.92 Å². The number of aromatic nitrogens is 1. The van der Waals surface area contributed by atoms with Crippen LogP contribution in [0.4, 0.5) is 13.6 Å². The Kier molecular flexibility index (Phi) is 10.7. The SMILES string of the molecule is COC(=O)N[C@@H]1C[C@@H](CCC(=O)O)N(C(=O)c2nc(-c3ccc(OC(F)F)c(OCC4CC4)c3)oc2[C@H](C)N)C1.Cl. The number of hydrogen-bond donors (Lipinski definition) is 3. The third kappa shape index (κ3) is 8.19. The average Bonchev–Trinajstić information content (AvgIpc) is 3.47. The van der Waals surface area contributed by atoms with Crippen LogP contribution in [0.15, 0.2) is 22.6 Å². The molecule has 1 aliphatic heterocycles. The number of nitrogens with one attached hydrogen (secondary N) is 1. The smallest absolute Gasteiger partial charge is 0.407 e. The number of carboxylic acids is 1. The molecule has 12 nitrogen and oxygen atoms in total. The van der Waals surface area contributed by atoms with Gasteiger partial charge >= 0.3 is 18.7 Å². The minimum Gasteiger partial charge on any atom is -0.489 e. The van der Waals surface area contributed by atoms with E-state index in [1.165, 1.54) is 30.2 Å². The van der Waals surface area contributed by atoms with Crippen LogP contribution in [-0.4, -0.2) is 71.9 Å². The Bertz CT molecular complexity index is 1240. The number of halogens is 3. The lowest BCUT2D eigenvalue weighted by Crippen LogP contribution is -2.40. The molecule has 1 aromatic carbocycles. The van der Waals surface area contributed by atoms with Crippen molar-refractivity contribution in [2.24, 2.45) is 11.7 Å². The number of rotatable bonds is 12. The van der Waals surface area contributed by atoms with Crippen LogP contribution in [-0.2, 0) is 9.53 Å². The number of carbonyl (C=O) groups excluding carboxylic acids is 2. The van der Waals surface area contributed by atoms with Gasteiger partial charge < -0.3 is 39.7 Å². The number of methoxy groups -OCH3 is 1. The van der Waals surface area contributed by atoms with E-state index in [4.69, 9.17) is 14.9 Å². The van der Waals surface area contributed by atoms with Crippen LogP contribution in [0.2, 0.25) is 0 Å². The summed E-state index contributed by atoms with van der Waals surface area (Å²) in [7, 11) is 1.22. The zero-order chi connectivity index (χ0) is 29.0. The molecule has 0 spiro atoms. The number of nitrogens with zero attached hydrogens (tertiary/aromatic N) is 2. The van der Waals surface area contributed by atoms with E-state index in [-0.39, 0.29) is 60.6 Å². The van der Waals surface area contributed by atoms with E-state index in [9.17, 15) is 28.3 Å². The van der Waals surface area contributed by atoms with E-state index < -0.39 is 42.7 Å². The predicted molar refractivity (Wildman–Crippen MR) is 142 cm³/mol. The number of benzene rings is 1. The normalized spacial score (nSPS) is 18.9. The maximum atomic E-state index is 13.7. The van der Waals surface area contributed by atoms with Crippen LogP contribution in [0, 0.1) is 5.92 Å². The number of likely N-dealkylation sites (tertiary alicyclic amines) is 1. The fourth-order valence-electron chi connectivity index (χ4n) is 4.55. The molecule has 1 aromatic heterocycles. The fourth-order valence-corrected chi connectivity index (χ4v) is 4.55. The molecule has 1 aliphatic carbocycles. The van der Waals surface area contributed by atoms with Crippen molar-refractivity contribution in [3.8, 4) is 23.0 Å². The van der Waals surface area contributed by atoms with Crippen molar-refractivity contribution in [2.75, 3.05) is 20.3 Å². The zero-order valence-electron chi connectivity index (χ0n) is 22.5. The highest BCUT2D eigenvalue weighted by atomic mass is 35.5. The topological polar surface area (TPSA) is 166 Å². The standard InChI is InChI=1S/C26H32F2N4O8.ClH/c1-13(29)22-21(24(35)32-11-16(30-26(36)37-2)10-17(32)6-8-20(33)34)31-23(40-22)15-5-7-18(39-25(27)28)19(9-15)38-12-14-3-4-14;/h5,7,9,13-14,16-17,25H,3-4,6,8,10-12,29H2,1-2H3,(H,30,36)(H,33,34);1H/t13-,16+,17+;/m0./s1. The molecule has 2 aromatic rings. The van der Waals surface area contributed by atoms with Crippen molar-refractivity contribution in [3.05, 3.63) is 29.7 Å². The van der Waals surface area contributed by atoms with Crippen LogP contribution >= 0.6 is 12.4 Å². The van der Waals surface area contributed by atoms with Crippen LogP contribution in [0.1, 0.15) is 61.3 Å². The van der Waals surface area contributed by atoms with Gasteiger partial charge in [0.2, 0.25) is 5.89 Å². The number of aliphatic carboxylic acids is 1. The Balaban J connectivity index is 0.00000462. The summed E-state index contributed by atoms with van der Waals surface area (Å²) in [6.07, 6.45) is 1.61. The molecule has 4 N–H and O–H groups in total. The lowest BCUT2D eigenvalue weighted by atomic mass is 10.1. The Labute approximate surface area is 240 Å². The van der Waals surface area contributed by atoms with Gasteiger partial charge in [0.1, 0.15) is 0 Å². The molecule has 2 aliphatic rings. The highest BCUT2D eigenvalue weighted by Gasteiger charge is 2.39. The molecule has 0 bridgehead atoms. The monoisotopic (exact) mass is 602 g/mol. The van der Waals surface area contributed by atoms with E-state index in [0.29, 0.717) is 24.5 Å². The van der Waals surface area contributed by atoms with Gasteiger partial charge in [0.05, 0.1) is 25.8 Å². The second-order valence-electron chi connectivity index (χ2n) is 9.93. The number of alkyl halides is 2. The molecule has 0 unspecified atom stereocenters. The molecule has 1 saturated carbocycles. The van der Waals surface area contributed by atoms with E-state index in [0.717, 1.165) is 12.8 Å². The summed E-state index contributed by atoms with van der Waals surface area (Å²) in [5, 5.41) is 11.8. The largest absolute Gasteiger partial charge is 0.489 e. The lowest BCUT2D eigenvalue weighted by Gasteiger charge is -2.23. The van der Waals surface area contributed by atoms with Gasteiger partial charge in [0, 0.05) is 24.6 Å². The van der Waals surface area contributed by atoms with Crippen LogP contribution in [0.5, 0.6) is 11.5 Å². The maximum absolute atomic E-state index is 13.7. The number of amides is 2. The van der Waals surface area contributed by atoms with Crippen molar-refractivity contribution >= 4 is 30.4 Å². The van der Waals surface area contributed by atoms with Gasteiger partial charge in [-0.25, -0.2) is 9.78 Å². The van der Waals surface area contributed by atoms with Gasteiger partial charge in [-0.2, -0.15) is 8.78 Å². The predicted octanol–water partition coefficient (Wildman–Crippen LogP) is 3.98. The van der Waals surface area contributed by atoms with Gasteiger partial charge in [-0.15, -0.1) is 12.4 Å². The van der Waals surface area contributed by atoms with E-state index in [2.05, 4.69) is 19.8 Å². The summed E-state index contributed by atoms with van der Waals surface area (Å²) in [6, 6.07) is 2.51. The Morgan fingerprint density at radius 2 is 2.00 bits per heavy atom. The fraction of sp³-hybridized carbons (Fsp3) is 0.538. The summed E-state index contributed by atoms with van der Waals surface area (Å²) in [6.45, 7) is -0.996. The van der Waals surface area contributed by atoms with Crippen molar-refractivity contribution in [3.63, 3.8) is 0 Å².